The number of carbonyl (C=O) groups excluding carboxylic acids is 1. The lowest BCUT2D eigenvalue weighted by Crippen LogP contribution is -2.34. The maximum Gasteiger partial charge on any atom is 0.446 e. The normalized spacial score (nSPS) is 16.1. The minimum atomic E-state index is -4.32. The Morgan fingerprint density at radius 3 is 2.47 bits per heavy atom. The van der Waals surface area contributed by atoms with Gasteiger partial charge in [-0.05, 0) is 36.0 Å². The zero-order chi connectivity index (χ0) is 14.0. The molecule has 1 aliphatic heterocycles. The molecule has 4 nitrogen and oxygen atoms in total. The van der Waals surface area contributed by atoms with Gasteiger partial charge in [-0.25, -0.2) is 9.79 Å². The van der Waals surface area contributed by atoms with E-state index in [4.69, 9.17) is 4.74 Å². The molecule has 0 fully saturated rings. The van der Waals surface area contributed by atoms with Crippen LogP contribution in [0.5, 0.6) is 0 Å². The molecular formula is C11H9F3N2O2S. The second-order valence-electron chi connectivity index (χ2n) is 3.74. The van der Waals surface area contributed by atoms with Crippen LogP contribution in [0.2, 0.25) is 0 Å². The average Bonchev–Trinajstić information content (AvgIpc) is 2.32. The van der Waals surface area contributed by atoms with Crippen LogP contribution in [0.3, 0.4) is 0 Å². The van der Waals surface area contributed by atoms with E-state index in [0.717, 1.165) is 0 Å². The van der Waals surface area contributed by atoms with Crippen LogP contribution in [0.25, 0.3) is 0 Å². The number of alkyl halides is 3. The van der Waals surface area contributed by atoms with Gasteiger partial charge in [-0.3, -0.25) is 4.90 Å². The fraction of sp³-hybridized carbons (Fsp3) is 0.273. The Labute approximate surface area is 111 Å². The van der Waals surface area contributed by atoms with Gasteiger partial charge in [0.1, 0.15) is 6.67 Å². The van der Waals surface area contributed by atoms with Crippen LogP contribution >= 0.6 is 11.8 Å². The first-order valence-corrected chi connectivity index (χ1v) is 6.00. The van der Waals surface area contributed by atoms with Crippen LogP contribution in [0, 0.1) is 0 Å². The van der Waals surface area contributed by atoms with Crippen molar-refractivity contribution in [1.82, 2.24) is 4.90 Å². The molecule has 1 amide bonds. The van der Waals surface area contributed by atoms with Crippen LogP contribution in [-0.4, -0.2) is 36.1 Å². The van der Waals surface area contributed by atoms with Gasteiger partial charge in [0.15, 0.2) is 0 Å². The number of halogens is 3. The Hall–Kier alpha value is -1.70. The van der Waals surface area contributed by atoms with Crippen molar-refractivity contribution < 1.29 is 22.7 Å². The van der Waals surface area contributed by atoms with Gasteiger partial charge in [0.25, 0.3) is 0 Å². The molecular weight excluding hydrogens is 281 g/mol. The Balaban J connectivity index is 2.13. The van der Waals surface area contributed by atoms with Crippen LogP contribution in [0.4, 0.5) is 18.0 Å². The van der Waals surface area contributed by atoms with Gasteiger partial charge >= 0.3 is 11.6 Å². The maximum absolute atomic E-state index is 12.2. The number of ether oxygens (including phenoxy) is 1. The van der Waals surface area contributed by atoms with Gasteiger partial charge in [0.2, 0.25) is 5.90 Å². The summed E-state index contributed by atoms with van der Waals surface area (Å²) in [6.07, 6.45) is -0.543. The van der Waals surface area contributed by atoms with E-state index in [2.05, 4.69) is 4.99 Å². The Morgan fingerprint density at radius 1 is 1.32 bits per heavy atom. The molecule has 19 heavy (non-hydrogen) atoms. The van der Waals surface area contributed by atoms with Gasteiger partial charge < -0.3 is 4.74 Å². The predicted molar refractivity (Wildman–Crippen MR) is 64.0 cm³/mol. The van der Waals surface area contributed by atoms with Crippen LogP contribution in [0.15, 0.2) is 34.2 Å². The SMILES string of the molecule is CN1CN=C(c2ccc(SC(F)(F)F)cc2)OC1=O. The first-order chi connectivity index (χ1) is 8.85. The number of hydrogen-bond donors (Lipinski definition) is 0. The van der Waals surface area contributed by atoms with Gasteiger partial charge in [-0.15, -0.1) is 0 Å². The summed E-state index contributed by atoms with van der Waals surface area (Å²) in [6, 6.07) is 5.49. The largest absolute Gasteiger partial charge is 0.446 e. The summed E-state index contributed by atoms with van der Waals surface area (Å²) in [5.41, 5.74) is -3.85. The van der Waals surface area contributed by atoms with Crippen molar-refractivity contribution >= 4 is 23.8 Å². The van der Waals surface area contributed by atoms with Gasteiger partial charge in [-0.1, -0.05) is 0 Å². The smallest absolute Gasteiger partial charge is 0.391 e. The topological polar surface area (TPSA) is 41.9 Å². The summed E-state index contributed by atoms with van der Waals surface area (Å²) in [5.74, 6) is 0.117. The third-order valence-electron chi connectivity index (χ3n) is 2.26. The van der Waals surface area contributed by atoms with Crippen LogP contribution in [0.1, 0.15) is 5.56 Å². The number of cyclic esters (lactones) is 1. The molecule has 0 spiro atoms. The van der Waals surface area contributed by atoms with Crippen molar-refractivity contribution in [3.05, 3.63) is 29.8 Å². The van der Waals surface area contributed by atoms with Crippen molar-refractivity contribution in [1.29, 1.82) is 0 Å². The second-order valence-corrected chi connectivity index (χ2v) is 4.88. The number of thioether (sulfide) groups is 1. The Kier molecular flexibility index (Phi) is 3.70. The first-order valence-electron chi connectivity index (χ1n) is 5.19. The highest BCUT2D eigenvalue weighted by molar-refractivity contribution is 8.00. The number of amides is 1. The monoisotopic (exact) mass is 290 g/mol. The van der Waals surface area contributed by atoms with Crippen molar-refractivity contribution in [3.8, 4) is 0 Å². The molecule has 0 bridgehead atoms. The van der Waals surface area contributed by atoms with Gasteiger partial charge in [0.05, 0.1) is 0 Å². The van der Waals surface area contributed by atoms with Crippen molar-refractivity contribution in [2.24, 2.45) is 4.99 Å². The highest BCUT2D eigenvalue weighted by Crippen LogP contribution is 2.36. The number of rotatable bonds is 2. The quantitative estimate of drug-likeness (QED) is 0.786. The molecule has 0 saturated heterocycles. The standard InChI is InChI=1S/C11H9F3N2O2S/c1-16-6-15-9(18-10(16)17)7-2-4-8(5-3-7)19-11(12,13)14/h2-5H,6H2,1H3. The molecule has 0 aromatic heterocycles. The molecule has 1 aromatic carbocycles. The molecule has 1 aliphatic rings. The summed E-state index contributed by atoms with van der Waals surface area (Å²) < 4.78 is 41.4. The zero-order valence-electron chi connectivity index (χ0n) is 9.77. The predicted octanol–water partition coefficient (Wildman–Crippen LogP) is 3.08. The zero-order valence-corrected chi connectivity index (χ0v) is 10.6. The summed E-state index contributed by atoms with van der Waals surface area (Å²) in [5, 5.41) is 0. The lowest BCUT2D eigenvalue weighted by Gasteiger charge is -2.20. The molecule has 0 radical (unpaired) electrons. The summed E-state index contributed by atoms with van der Waals surface area (Å²) in [4.78, 5) is 16.6. The number of hydrogen-bond acceptors (Lipinski definition) is 4. The minimum absolute atomic E-state index is 0.0658. The molecule has 8 heteroatoms. The molecule has 0 atom stereocenters. The van der Waals surface area contributed by atoms with Crippen LogP contribution < -0.4 is 0 Å². The molecule has 2 rings (SSSR count). The number of aliphatic imine (C=N–C) groups is 1. The van der Waals surface area contributed by atoms with Gasteiger partial charge in [-0.2, -0.15) is 13.2 Å². The second kappa shape index (κ2) is 5.12. The van der Waals surface area contributed by atoms with E-state index in [1.54, 1.807) is 0 Å². The first kappa shape index (κ1) is 13.7. The molecule has 102 valence electrons. The van der Waals surface area contributed by atoms with E-state index in [9.17, 15) is 18.0 Å². The van der Waals surface area contributed by atoms with E-state index < -0.39 is 11.6 Å². The third-order valence-corrected chi connectivity index (χ3v) is 3.00. The number of carbonyl (C=O) groups is 1. The van der Waals surface area contributed by atoms with E-state index in [1.165, 1.54) is 36.2 Å². The summed E-state index contributed by atoms with van der Waals surface area (Å²) in [7, 11) is 1.53. The average molecular weight is 290 g/mol. The number of benzene rings is 1. The third kappa shape index (κ3) is 3.63. The van der Waals surface area contributed by atoms with Crippen molar-refractivity contribution in [3.63, 3.8) is 0 Å². The molecule has 0 N–H and O–H groups in total. The molecule has 0 saturated carbocycles. The number of nitrogens with zero attached hydrogens (tertiary/aromatic N) is 2. The summed E-state index contributed by atoms with van der Waals surface area (Å²) in [6.45, 7) is 0.160. The molecule has 0 unspecified atom stereocenters. The van der Waals surface area contributed by atoms with E-state index in [-0.39, 0.29) is 29.2 Å². The fourth-order valence-electron chi connectivity index (χ4n) is 1.37. The Bertz CT molecular complexity index is 514. The maximum atomic E-state index is 12.2. The molecule has 1 heterocycles. The highest BCUT2D eigenvalue weighted by Gasteiger charge is 2.29. The van der Waals surface area contributed by atoms with Crippen molar-refractivity contribution in [2.45, 2.75) is 10.4 Å². The van der Waals surface area contributed by atoms with Crippen LogP contribution in [-0.2, 0) is 4.74 Å². The lowest BCUT2D eigenvalue weighted by molar-refractivity contribution is -0.0328. The molecule has 1 aromatic rings. The van der Waals surface area contributed by atoms with E-state index >= 15 is 0 Å². The summed E-state index contributed by atoms with van der Waals surface area (Å²) >= 11 is -0.199. The Morgan fingerprint density at radius 2 is 1.95 bits per heavy atom. The fourth-order valence-corrected chi connectivity index (χ4v) is 1.91. The van der Waals surface area contributed by atoms with Crippen molar-refractivity contribution in [2.75, 3.05) is 13.7 Å². The molecule has 0 aliphatic carbocycles. The minimum Gasteiger partial charge on any atom is -0.391 e. The highest BCUT2D eigenvalue weighted by atomic mass is 32.2. The lowest BCUT2D eigenvalue weighted by atomic mass is 10.2. The van der Waals surface area contributed by atoms with E-state index in [0.29, 0.717) is 5.56 Å². The van der Waals surface area contributed by atoms with E-state index in [1.807, 2.05) is 0 Å². The van der Waals surface area contributed by atoms with Gasteiger partial charge in [0, 0.05) is 17.5 Å².